The first kappa shape index (κ1) is 11.3. The number of ether oxygens (including phenoxy) is 1. The number of nitrogens with two attached hydrogens (primary N) is 1. The molecule has 6 heteroatoms. The molecule has 90 valence electrons. The first-order chi connectivity index (χ1) is 8.13. The number of nitrogens with zero attached hydrogens (tertiary/aromatic N) is 2. The van der Waals surface area contributed by atoms with Crippen molar-refractivity contribution in [1.82, 2.24) is 9.55 Å². The van der Waals surface area contributed by atoms with Gasteiger partial charge in [-0.3, -0.25) is 0 Å². The number of nitrogen functional groups attached to an aromatic ring is 1. The van der Waals surface area contributed by atoms with Gasteiger partial charge >= 0.3 is 5.97 Å². The highest BCUT2D eigenvalue weighted by Gasteiger charge is 2.19. The van der Waals surface area contributed by atoms with Crippen molar-refractivity contribution in [3.8, 4) is 0 Å². The Balaban J connectivity index is 2.35. The summed E-state index contributed by atoms with van der Waals surface area (Å²) in [7, 11) is 1.29. The average Bonchev–Trinajstić information content (AvgIpc) is 2.91. The van der Waals surface area contributed by atoms with Gasteiger partial charge in [-0.25, -0.2) is 9.78 Å². The molecule has 0 amide bonds. The van der Waals surface area contributed by atoms with Gasteiger partial charge in [0.1, 0.15) is 17.4 Å². The predicted octanol–water partition coefficient (Wildman–Crippen LogP) is 1.20. The van der Waals surface area contributed by atoms with Crippen LogP contribution in [0.4, 0.5) is 5.82 Å². The molecule has 0 unspecified atom stereocenters. The number of esters is 1. The number of anilines is 1. The van der Waals surface area contributed by atoms with Gasteiger partial charge in [0.05, 0.1) is 19.9 Å². The monoisotopic (exact) mass is 235 g/mol. The second kappa shape index (κ2) is 4.32. The van der Waals surface area contributed by atoms with Gasteiger partial charge in [0.15, 0.2) is 5.69 Å². The molecule has 2 heterocycles. The van der Waals surface area contributed by atoms with E-state index in [0.29, 0.717) is 12.4 Å². The summed E-state index contributed by atoms with van der Waals surface area (Å²) < 4.78 is 11.5. The molecule has 0 aromatic carbocycles. The largest absolute Gasteiger partial charge is 0.467 e. The van der Waals surface area contributed by atoms with Crippen molar-refractivity contribution in [1.29, 1.82) is 0 Å². The van der Waals surface area contributed by atoms with E-state index in [1.807, 2.05) is 6.07 Å². The summed E-state index contributed by atoms with van der Waals surface area (Å²) in [5.74, 6) is 1.13. The van der Waals surface area contributed by atoms with Gasteiger partial charge in [-0.1, -0.05) is 0 Å². The fourth-order valence-corrected chi connectivity index (χ4v) is 1.59. The number of methoxy groups -OCH3 is 1. The van der Waals surface area contributed by atoms with E-state index in [-0.39, 0.29) is 11.5 Å². The van der Waals surface area contributed by atoms with Gasteiger partial charge in [-0.05, 0) is 19.1 Å². The number of imidazole rings is 1. The van der Waals surface area contributed by atoms with Crippen LogP contribution in [-0.2, 0) is 11.3 Å². The quantitative estimate of drug-likeness (QED) is 0.808. The molecule has 0 spiro atoms. The van der Waals surface area contributed by atoms with Gasteiger partial charge < -0.3 is 19.5 Å². The number of furan rings is 1. The van der Waals surface area contributed by atoms with Crippen molar-refractivity contribution in [3.63, 3.8) is 0 Å². The Bertz CT molecular complexity index is 528. The maximum atomic E-state index is 11.4. The van der Waals surface area contributed by atoms with Gasteiger partial charge in [-0.15, -0.1) is 0 Å². The van der Waals surface area contributed by atoms with Gasteiger partial charge in [0.25, 0.3) is 0 Å². The average molecular weight is 235 g/mol. The third kappa shape index (κ3) is 2.01. The van der Waals surface area contributed by atoms with Gasteiger partial charge in [-0.2, -0.15) is 0 Å². The molecule has 2 aromatic heterocycles. The minimum absolute atomic E-state index is 0.136. The fourth-order valence-electron chi connectivity index (χ4n) is 1.59. The summed E-state index contributed by atoms with van der Waals surface area (Å²) in [4.78, 5) is 15.5. The van der Waals surface area contributed by atoms with Gasteiger partial charge in [0, 0.05) is 0 Å². The van der Waals surface area contributed by atoms with E-state index in [2.05, 4.69) is 9.72 Å². The summed E-state index contributed by atoms with van der Waals surface area (Å²) in [6.45, 7) is 2.21. The van der Waals surface area contributed by atoms with Crippen LogP contribution in [0.1, 0.15) is 22.1 Å². The SMILES string of the molecule is COC(=O)c1nc(C)n(Cc2ccco2)c1N. The second-order valence-corrected chi connectivity index (χ2v) is 3.55. The molecule has 6 nitrogen and oxygen atoms in total. The summed E-state index contributed by atoms with van der Waals surface area (Å²) in [6.07, 6.45) is 1.58. The van der Waals surface area contributed by atoms with Crippen LogP contribution in [0.15, 0.2) is 22.8 Å². The normalized spacial score (nSPS) is 10.5. The fraction of sp³-hybridized carbons (Fsp3) is 0.273. The van der Waals surface area contributed by atoms with E-state index in [4.69, 9.17) is 10.2 Å². The predicted molar refractivity (Wildman–Crippen MR) is 60.5 cm³/mol. The lowest BCUT2D eigenvalue weighted by atomic mass is 10.4. The summed E-state index contributed by atoms with van der Waals surface area (Å²) in [5, 5.41) is 0. The lowest BCUT2D eigenvalue weighted by Gasteiger charge is -2.04. The van der Waals surface area contributed by atoms with Crippen LogP contribution < -0.4 is 5.73 Å². The van der Waals surface area contributed by atoms with Crippen LogP contribution in [0.3, 0.4) is 0 Å². The van der Waals surface area contributed by atoms with E-state index >= 15 is 0 Å². The molecule has 2 aromatic rings. The Morgan fingerprint density at radius 2 is 2.41 bits per heavy atom. The smallest absolute Gasteiger partial charge is 0.360 e. The summed E-state index contributed by atoms with van der Waals surface area (Å²) >= 11 is 0. The maximum absolute atomic E-state index is 11.4. The molecular formula is C11H13N3O3. The first-order valence-corrected chi connectivity index (χ1v) is 5.06. The van der Waals surface area contributed by atoms with Crippen molar-refractivity contribution in [2.75, 3.05) is 12.8 Å². The Hall–Kier alpha value is -2.24. The van der Waals surface area contributed by atoms with E-state index < -0.39 is 5.97 Å². The second-order valence-electron chi connectivity index (χ2n) is 3.55. The molecule has 0 aliphatic rings. The van der Waals surface area contributed by atoms with E-state index in [1.54, 1.807) is 23.8 Å². The maximum Gasteiger partial charge on any atom is 0.360 e. The third-order valence-electron chi connectivity index (χ3n) is 2.47. The number of rotatable bonds is 3. The summed E-state index contributed by atoms with van der Waals surface area (Å²) in [5.41, 5.74) is 5.99. The lowest BCUT2D eigenvalue weighted by Crippen LogP contribution is -2.09. The number of carbonyl (C=O) groups excluding carboxylic acids is 1. The van der Waals surface area contributed by atoms with Crippen molar-refractivity contribution in [2.45, 2.75) is 13.5 Å². The molecular weight excluding hydrogens is 222 g/mol. The number of carbonyl (C=O) groups is 1. The first-order valence-electron chi connectivity index (χ1n) is 5.06. The molecule has 0 fully saturated rings. The van der Waals surface area contributed by atoms with E-state index in [9.17, 15) is 4.79 Å². The zero-order valence-corrected chi connectivity index (χ0v) is 9.64. The molecule has 0 aliphatic carbocycles. The van der Waals surface area contributed by atoms with E-state index in [1.165, 1.54) is 7.11 Å². The van der Waals surface area contributed by atoms with Crippen LogP contribution in [0.5, 0.6) is 0 Å². The van der Waals surface area contributed by atoms with Crippen molar-refractivity contribution >= 4 is 11.8 Å². The van der Waals surface area contributed by atoms with Crippen LogP contribution in [0.25, 0.3) is 0 Å². The van der Waals surface area contributed by atoms with Crippen molar-refractivity contribution < 1.29 is 13.9 Å². The number of aryl methyl sites for hydroxylation is 1. The zero-order chi connectivity index (χ0) is 12.4. The minimum atomic E-state index is -0.538. The molecule has 0 radical (unpaired) electrons. The lowest BCUT2D eigenvalue weighted by molar-refractivity contribution is 0.0595. The summed E-state index contributed by atoms with van der Waals surface area (Å²) in [6, 6.07) is 3.62. The van der Waals surface area contributed by atoms with Crippen molar-refractivity contribution in [3.05, 3.63) is 35.7 Å². The molecule has 2 N–H and O–H groups in total. The Kier molecular flexibility index (Phi) is 2.86. The zero-order valence-electron chi connectivity index (χ0n) is 9.64. The standard InChI is InChI=1S/C11H13N3O3/c1-7-13-9(11(15)16-2)10(12)14(7)6-8-4-3-5-17-8/h3-5H,6,12H2,1-2H3. The minimum Gasteiger partial charge on any atom is -0.467 e. The highest BCUT2D eigenvalue weighted by Crippen LogP contribution is 2.17. The number of aromatic nitrogens is 2. The molecule has 0 bridgehead atoms. The third-order valence-corrected chi connectivity index (χ3v) is 2.47. The molecule has 0 atom stereocenters. The molecule has 17 heavy (non-hydrogen) atoms. The molecule has 0 saturated heterocycles. The Labute approximate surface area is 98.0 Å². The molecule has 2 rings (SSSR count). The Morgan fingerprint density at radius 3 is 3.00 bits per heavy atom. The molecule has 0 saturated carbocycles. The number of hydrogen-bond acceptors (Lipinski definition) is 5. The van der Waals surface area contributed by atoms with Crippen LogP contribution in [0, 0.1) is 6.92 Å². The van der Waals surface area contributed by atoms with Crippen LogP contribution in [-0.4, -0.2) is 22.6 Å². The molecule has 0 aliphatic heterocycles. The van der Waals surface area contributed by atoms with Crippen LogP contribution >= 0.6 is 0 Å². The topological polar surface area (TPSA) is 83.3 Å². The highest BCUT2D eigenvalue weighted by atomic mass is 16.5. The number of hydrogen-bond donors (Lipinski definition) is 1. The van der Waals surface area contributed by atoms with Gasteiger partial charge in [0.2, 0.25) is 0 Å². The highest BCUT2D eigenvalue weighted by molar-refractivity contribution is 5.92. The Morgan fingerprint density at radius 1 is 1.65 bits per heavy atom. The van der Waals surface area contributed by atoms with Crippen molar-refractivity contribution in [2.24, 2.45) is 0 Å². The van der Waals surface area contributed by atoms with E-state index in [0.717, 1.165) is 5.76 Å². The van der Waals surface area contributed by atoms with Crippen LogP contribution in [0.2, 0.25) is 0 Å².